The predicted molar refractivity (Wildman–Crippen MR) is 161 cm³/mol. The molecule has 2 aliphatic rings. The molecule has 1 aromatic carbocycles. The van der Waals surface area contributed by atoms with Crippen molar-refractivity contribution in [2.75, 3.05) is 24.6 Å². The number of aliphatic hydroxyl groups excluding tert-OH is 1. The van der Waals surface area contributed by atoms with Crippen LogP contribution in [0.2, 0.25) is 18.1 Å². The van der Waals surface area contributed by atoms with Crippen molar-refractivity contribution in [3.8, 4) is 17.2 Å². The number of aliphatic hydroxyl groups is 1. The van der Waals surface area contributed by atoms with Crippen LogP contribution in [0, 0.1) is 11.3 Å². The van der Waals surface area contributed by atoms with E-state index in [1.807, 2.05) is 24.3 Å². The van der Waals surface area contributed by atoms with Crippen LogP contribution in [-0.2, 0) is 17.5 Å². The zero-order chi connectivity index (χ0) is 28.8. The summed E-state index contributed by atoms with van der Waals surface area (Å²) in [5.74, 6) is 0. The fraction of sp³-hybridized carbons (Fsp3) is 0.500. The van der Waals surface area contributed by atoms with Crippen molar-refractivity contribution in [1.29, 1.82) is 5.26 Å². The number of hydrogen-bond acceptors (Lipinski definition) is 7. The van der Waals surface area contributed by atoms with Gasteiger partial charge in [0, 0.05) is 47.0 Å². The molecule has 2 aromatic heterocycles. The van der Waals surface area contributed by atoms with Crippen LogP contribution in [0.5, 0.6) is 0 Å². The molecule has 2 N–H and O–H groups in total. The van der Waals surface area contributed by atoms with Gasteiger partial charge in [-0.15, -0.1) is 11.3 Å². The highest BCUT2D eigenvalue weighted by Gasteiger charge is 2.43. The van der Waals surface area contributed by atoms with E-state index in [0.717, 1.165) is 56.9 Å². The van der Waals surface area contributed by atoms with E-state index < -0.39 is 14.4 Å². The maximum atomic E-state index is 12.4. The normalized spacial score (nSPS) is 19.6. The molecule has 10 heteroatoms. The van der Waals surface area contributed by atoms with Gasteiger partial charge in [-0.2, -0.15) is 5.26 Å². The molecule has 1 saturated heterocycles. The highest BCUT2D eigenvalue weighted by atomic mass is 32.1. The molecule has 0 bridgehead atoms. The third-order valence-electron chi connectivity index (χ3n) is 8.88. The quantitative estimate of drug-likeness (QED) is 0.334. The van der Waals surface area contributed by atoms with Gasteiger partial charge in [0.1, 0.15) is 0 Å². The van der Waals surface area contributed by atoms with E-state index in [0.29, 0.717) is 25.1 Å². The highest BCUT2D eigenvalue weighted by Crippen LogP contribution is 2.45. The van der Waals surface area contributed by atoms with Crippen molar-refractivity contribution < 1.29 is 19.4 Å². The van der Waals surface area contributed by atoms with Crippen LogP contribution in [0.1, 0.15) is 49.6 Å². The highest BCUT2D eigenvalue weighted by molar-refractivity contribution is 7.19. The van der Waals surface area contributed by atoms with E-state index in [-0.39, 0.29) is 23.7 Å². The second-order valence-electron chi connectivity index (χ2n) is 12.4. The number of anilines is 1. The molecule has 40 heavy (non-hydrogen) atoms. The average Bonchev–Trinajstić information content (AvgIpc) is 3.54. The van der Waals surface area contributed by atoms with E-state index in [4.69, 9.17) is 4.43 Å². The first-order valence-electron chi connectivity index (χ1n) is 13.9. The van der Waals surface area contributed by atoms with E-state index in [1.54, 1.807) is 11.1 Å². The first kappa shape index (κ1) is 28.6. The molecule has 2 aliphatic heterocycles. The standard InChI is InChI=1S/C30H38N4O4SSi/c1-30(2,3)40(4,5)38-18-22-13-21(16-34(22)29(36)37)33-10-6-7-20-11-19(15-31)12-25(27(20)33)24-8-9-32-26-14-23(17-35)39-28(24)26/h8-9,11-12,14,21-22,35H,6-7,10,13,16-18H2,1-5H3,(H,36,37). The lowest BCUT2D eigenvalue weighted by Crippen LogP contribution is -2.45. The lowest BCUT2D eigenvalue weighted by atomic mass is 9.90. The number of thiophene rings is 1. The fourth-order valence-electron chi connectivity index (χ4n) is 5.72. The fourth-order valence-corrected chi connectivity index (χ4v) is 7.76. The molecule has 0 radical (unpaired) electrons. The molecule has 5 rings (SSSR count). The topological polar surface area (TPSA) is 110 Å². The Kier molecular flexibility index (Phi) is 7.70. The molecule has 0 saturated carbocycles. The maximum Gasteiger partial charge on any atom is 0.407 e. The summed E-state index contributed by atoms with van der Waals surface area (Å²) in [5, 5.41) is 29.8. The number of pyridine rings is 1. The molecular formula is C30H38N4O4SSi. The summed E-state index contributed by atoms with van der Waals surface area (Å²) in [6.45, 7) is 12.6. The molecular weight excluding hydrogens is 541 g/mol. The SMILES string of the molecule is CC(C)(C)[Si](C)(C)OCC1CC(N2CCCc3cc(C#N)cc(-c4ccnc5cc(CO)sc45)c32)CN1C(=O)O. The Balaban J connectivity index is 1.54. The molecule has 4 heterocycles. The van der Waals surface area contributed by atoms with Crippen molar-refractivity contribution in [3.63, 3.8) is 0 Å². The predicted octanol–water partition coefficient (Wildman–Crippen LogP) is 6.22. The summed E-state index contributed by atoms with van der Waals surface area (Å²) in [7, 11) is -2.03. The molecule has 8 nitrogen and oxygen atoms in total. The van der Waals surface area contributed by atoms with Crippen molar-refractivity contribution in [1.82, 2.24) is 9.88 Å². The molecule has 1 amide bonds. The van der Waals surface area contributed by atoms with Gasteiger partial charge in [-0.3, -0.25) is 4.98 Å². The number of rotatable bonds is 6. The van der Waals surface area contributed by atoms with E-state index >= 15 is 0 Å². The van der Waals surface area contributed by atoms with Crippen molar-refractivity contribution >= 4 is 41.7 Å². The molecule has 212 valence electrons. The van der Waals surface area contributed by atoms with Gasteiger partial charge in [0.15, 0.2) is 8.32 Å². The van der Waals surface area contributed by atoms with Crippen LogP contribution in [0.15, 0.2) is 30.5 Å². The van der Waals surface area contributed by atoms with Crippen molar-refractivity contribution in [2.24, 2.45) is 0 Å². The van der Waals surface area contributed by atoms with E-state index in [1.165, 1.54) is 11.3 Å². The maximum absolute atomic E-state index is 12.4. The van der Waals surface area contributed by atoms with Gasteiger partial charge in [-0.1, -0.05) is 20.8 Å². The number of carbonyl (C=O) groups is 1. The first-order chi connectivity index (χ1) is 18.9. The number of aromatic nitrogens is 1. The van der Waals surface area contributed by atoms with Crippen LogP contribution >= 0.6 is 11.3 Å². The second-order valence-corrected chi connectivity index (χ2v) is 18.4. The summed E-state index contributed by atoms with van der Waals surface area (Å²) < 4.78 is 7.48. The smallest absolute Gasteiger partial charge is 0.407 e. The zero-order valence-electron chi connectivity index (χ0n) is 23.9. The Morgan fingerprint density at radius 1 is 1.27 bits per heavy atom. The van der Waals surface area contributed by atoms with Gasteiger partial charge < -0.3 is 24.4 Å². The molecule has 2 atom stereocenters. The molecule has 0 aliphatic carbocycles. The number of nitrogens with zero attached hydrogens (tertiary/aromatic N) is 4. The minimum absolute atomic E-state index is 0.00326. The van der Waals surface area contributed by atoms with Crippen molar-refractivity contribution in [3.05, 3.63) is 46.5 Å². The van der Waals surface area contributed by atoms with Gasteiger partial charge in [0.25, 0.3) is 0 Å². The van der Waals surface area contributed by atoms with Gasteiger partial charge >= 0.3 is 6.09 Å². The van der Waals surface area contributed by atoms with Crippen LogP contribution in [0.25, 0.3) is 21.3 Å². The molecule has 3 aromatic rings. The number of hydrogen-bond donors (Lipinski definition) is 2. The summed E-state index contributed by atoms with van der Waals surface area (Å²) in [5.41, 5.74) is 5.59. The first-order valence-corrected chi connectivity index (χ1v) is 17.6. The van der Waals surface area contributed by atoms with Crippen LogP contribution < -0.4 is 4.90 Å². The monoisotopic (exact) mass is 578 g/mol. The summed E-state index contributed by atoms with van der Waals surface area (Å²) >= 11 is 1.52. The Bertz CT molecular complexity index is 1470. The van der Waals surface area contributed by atoms with Crippen LogP contribution in [0.4, 0.5) is 10.5 Å². The molecule has 2 unspecified atom stereocenters. The van der Waals surface area contributed by atoms with Crippen molar-refractivity contribution in [2.45, 2.75) is 76.9 Å². The Labute approximate surface area is 241 Å². The number of likely N-dealkylation sites (tertiary alicyclic amines) is 1. The largest absolute Gasteiger partial charge is 0.465 e. The Morgan fingerprint density at radius 3 is 2.73 bits per heavy atom. The number of carboxylic acid groups (broad SMARTS) is 1. The Morgan fingerprint density at radius 2 is 2.05 bits per heavy atom. The lowest BCUT2D eigenvalue weighted by Gasteiger charge is -2.38. The van der Waals surface area contributed by atoms with Gasteiger partial charge in [0.05, 0.1) is 41.1 Å². The van der Waals surface area contributed by atoms with Crippen LogP contribution in [0.3, 0.4) is 0 Å². The minimum atomic E-state index is -2.03. The van der Waals surface area contributed by atoms with Gasteiger partial charge in [-0.05, 0) is 67.2 Å². The number of aryl methyl sites for hydroxylation is 1. The van der Waals surface area contributed by atoms with E-state index in [2.05, 4.69) is 49.8 Å². The summed E-state index contributed by atoms with van der Waals surface area (Å²) in [6.07, 6.45) is 3.37. The summed E-state index contributed by atoms with van der Waals surface area (Å²) in [6, 6.07) is 9.97. The number of fused-ring (bicyclic) bond motifs is 2. The number of nitriles is 1. The number of benzene rings is 1. The third-order valence-corrected chi connectivity index (χ3v) is 14.5. The molecule has 1 fully saturated rings. The van der Waals surface area contributed by atoms with Gasteiger partial charge in [0.2, 0.25) is 0 Å². The zero-order valence-corrected chi connectivity index (χ0v) is 25.7. The minimum Gasteiger partial charge on any atom is -0.465 e. The Hall–Kier alpha value is -2.97. The lowest BCUT2D eigenvalue weighted by molar-refractivity contribution is 0.120. The average molecular weight is 579 g/mol. The third kappa shape index (κ3) is 5.23. The summed E-state index contributed by atoms with van der Waals surface area (Å²) in [4.78, 5) is 21.7. The molecule has 0 spiro atoms. The van der Waals surface area contributed by atoms with Gasteiger partial charge in [-0.25, -0.2) is 4.79 Å². The van der Waals surface area contributed by atoms with Crippen LogP contribution in [-0.4, -0.2) is 66.3 Å². The number of amides is 1. The van der Waals surface area contributed by atoms with E-state index in [9.17, 15) is 20.3 Å². The second kappa shape index (κ2) is 10.8.